The van der Waals surface area contributed by atoms with Gasteiger partial charge in [0.15, 0.2) is 17.2 Å². The average Bonchev–Trinajstić information content (AvgIpc) is 2.87. The second-order valence-electron chi connectivity index (χ2n) is 4.88. The maximum absolute atomic E-state index is 13.4. The van der Waals surface area contributed by atoms with Gasteiger partial charge >= 0.3 is 12.1 Å². The first-order valence-corrected chi connectivity index (χ1v) is 6.56. The monoisotopic (exact) mass is 328 g/mol. The molecule has 122 valence electrons. The number of rotatable bonds is 2. The lowest BCUT2D eigenvalue weighted by atomic mass is 10.0. The standard InChI is InChI=1S/C14H11F3N2O4/c1-19-10(6-9(18-19)13(20)21)7-4-11-12(23-3-2-22-11)5-8(7)14(15,16)17/h4-6H,2-3H2,1H3,(H,20,21). The quantitative estimate of drug-likeness (QED) is 0.917. The number of aryl methyl sites for hydroxylation is 1. The molecule has 1 aliphatic rings. The minimum Gasteiger partial charge on any atom is -0.486 e. The molecule has 1 N–H and O–H groups in total. The third kappa shape index (κ3) is 2.69. The number of hydrogen-bond donors (Lipinski definition) is 1. The van der Waals surface area contributed by atoms with E-state index >= 15 is 0 Å². The molecular weight excluding hydrogens is 317 g/mol. The van der Waals surface area contributed by atoms with Gasteiger partial charge in [-0.15, -0.1) is 0 Å². The van der Waals surface area contributed by atoms with E-state index in [1.54, 1.807) is 0 Å². The molecule has 0 amide bonds. The Morgan fingerprint density at radius 2 is 1.83 bits per heavy atom. The van der Waals surface area contributed by atoms with Crippen LogP contribution in [0.3, 0.4) is 0 Å². The third-order valence-corrected chi connectivity index (χ3v) is 3.36. The summed E-state index contributed by atoms with van der Waals surface area (Å²) >= 11 is 0. The molecule has 0 spiro atoms. The summed E-state index contributed by atoms with van der Waals surface area (Å²) in [6.07, 6.45) is -4.64. The van der Waals surface area contributed by atoms with Crippen LogP contribution in [0.25, 0.3) is 11.3 Å². The number of halogens is 3. The van der Waals surface area contributed by atoms with Crippen LogP contribution in [-0.4, -0.2) is 34.1 Å². The number of ether oxygens (including phenoxy) is 2. The van der Waals surface area contributed by atoms with Crippen LogP contribution in [0, 0.1) is 0 Å². The Kier molecular flexibility index (Phi) is 3.42. The molecule has 2 aromatic rings. The van der Waals surface area contributed by atoms with Crippen LogP contribution in [0.4, 0.5) is 13.2 Å². The Morgan fingerprint density at radius 3 is 2.35 bits per heavy atom. The first-order chi connectivity index (χ1) is 10.8. The molecule has 0 bridgehead atoms. The van der Waals surface area contributed by atoms with Gasteiger partial charge in [0.2, 0.25) is 0 Å². The van der Waals surface area contributed by atoms with Crippen molar-refractivity contribution in [2.24, 2.45) is 7.05 Å². The second kappa shape index (κ2) is 5.18. The zero-order valence-electron chi connectivity index (χ0n) is 11.8. The van der Waals surface area contributed by atoms with Crippen molar-refractivity contribution in [3.63, 3.8) is 0 Å². The molecule has 1 aromatic heterocycles. The smallest absolute Gasteiger partial charge is 0.417 e. The van der Waals surface area contributed by atoms with E-state index in [0.29, 0.717) is 0 Å². The lowest BCUT2D eigenvalue weighted by Gasteiger charge is -2.22. The first-order valence-electron chi connectivity index (χ1n) is 6.56. The number of alkyl halides is 3. The number of carboxylic acid groups (broad SMARTS) is 1. The summed E-state index contributed by atoms with van der Waals surface area (Å²) in [7, 11) is 1.37. The third-order valence-electron chi connectivity index (χ3n) is 3.36. The molecular formula is C14H11F3N2O4. The molecule has 1 aliphatic heterocycles. The van der Waals surface area contributed by atoms with Gasteiger partial charge in [-0.1, -0.05) is 0 Å². The maximum atomic E-state index is 13.4. The number of benzene rings is 1. The molecule has 0 saturated heterocycles. The van der Waals surface area contributed by atoms with Crippen molar-refractivity contribution < 1.29 is 32.5 Å². The Labute approximate surface area is 128 Å². The summed E-state index contributed by atoms with van der Waals surface area (Å²) in [5.41, 5.74) is -1.48. The van der Waals surface area contributed by atoms with Crippen molar-refractivity contribution in [2.45, 2.75) is 6.18 Å². The van der Waals surface area contributed by atoms with Crippen LogP contribution >= 0.6 is 0 Å². The summed E-state index contributed by atoms with van der Waals surface area (Å²) < 4.78 is 51.7. The van der Waals surface area contributed by atoms with E-state index in [0.717, 1.165) is 16.8 Å². The first kappa shape index (κ1) is 15.2. The van der Waals surface area contributed by atoms with Crippen molar-refractivity contribution in [3.05, 3.63) is 29.5 Å². The van der Waals surface area contributed by atoms with E-state index in [2.05, 4.69) is 5.10 Å². The molecule has 9 heteroatoms. The Hall–Kier alpha value is -2.71. The van der Waals surface area contributed by atoms with E-state index < -0.39 is 17.7 Å². The van der Waals surface area contributed by atoms with E-state index in [1.165, 1.54) is 13.1 Å². The Morgan fingerprint density at radius 1 is 1.22 bits per heavy atom. The highest BCUT2D eigenvalue weighted by molar-refractivity contribution is 5.87. The number of carbonyl (C=O) groups is 1. The van der Waals surface area contributed by atoms with Crippen molar-refractivity contribution in [3.8, 4) is 22.8 Å². The van der Waals surface area contributed by atoms with E-state index in [9.17, 15) is 18.0 Å². The van der Waals surface area contributed by atoms with Gasteiger partial charge in [0.25, 0.3) is 0 Å². The zero-order valence-corrected chi connectivity index (χ0v) is 11.8. The molecule has 0 radical (unpaired) electrons. The predicted octanol–water partition coefficient (Wildman–Crippen LogP) is 2.58. The number of carboxylic acids is 1. The van der Waals surface area contributed by atoms with Crippen LogP contribution in [0.1, 0.15) is 16.1 Å². The molecule has 3 rings (SSSR count). The Balaban J connectivity index is 2.23. The summed E-state index contributed by atoms with van der Waals surface area (Å²) in [6.45, 7) is 0.391. The largest absolute Gasteiger partial charge is 0.486 e. The minimum atomic E-state index is -4.64. The molecule has 0 saturated carbocycles. The SMILES string of the molecule is Cn1nc(C(=O)O)cc1-c1cc2c(cc1C(F)(F)F)OCCO2. The molecule has 2 heterocycles. The van der Waals surface area contributed by atoms with Crippen molar-refractivity contribution in [2.75, 3.05) is 13.2 Å². The van der Waals surface area contributed by atoms with E-state index in [1.807, 2.05) is 0 Å². The van der Waals surface area contributed by atoms with Gasteiger partial charge in [-0.2, -0.15) is 18.3 Å². The molecule has 0 unspecified atom stereocenters. The fourth-order valence-electron chi connectivity index (χ4n) is 2.36. The summed E-state index contributed by atoms with van der Waals surface area (Å²) in [4.78, 5) is 11.0. The van der Waals surface area contributed by atoms with Gasteiger partial charge in [0.1, 0.15) is 13.2 Å². The van der Waals surface area contributed by atoms with Gasteiger partial charge in [-0.05, 0) is 18.2 Å². The zero-order chi connectivity index (χ0) is 16.8. The predicted molar refractivity (Wildman–Crippen MR) is 71.6 cm³/mol. The summed E-state index contributed by atoms with van der Waals surface area (Å²) in [5, 5.41) is 12.6. The summed E-state index contributed by atoms with van der Waals surface area (Å²) in [6, 6.07) is 3.14. The fourth-order valence-corrected chi connectivity index (χ4v) is 2.36. The van der Waals surface area contributed by atoms with E-state index in [-0.39, 0.29) is 41.7 Å². The molecule has 0 atom stereocenters. The normalized spacial score (nSPS) is 13.9. The lowest BCUT2D eigenvalue weighted by molar-refractivity contribution is -0.137. The van der Waals surface area contributed by atoms with Crippen LogP contribution in [-0.2, 0) is 13.2 Å². The number of fused-ring (bicyclic) bond motifs is 1. The van der Waals surface area contributed by atoms with Gasteiger partial charge in [0.05, 0.1) is 11.3 Å². The topological polar surface area (TPSA) is 73.6 Å². The molecule has 1 aromatic carbocycles. The molecule has 0 fully saturated rings. The molecule has 6 nitrogen and oxygen atoms in total. The number of nitrogens with zero attached hydrogens (tertiary/aromatic N) is 2. The van der Waals surface area contributed by atoms with Crippen molar-refractivity contribution in [1.82, 2.24) is 9.78 Å². The highest BCUT2D eigenvalue weighted by Gasteiger charge is 2.36. The van der Waals surface area contributed by atoms with Crippen LogP contribution < -0.4 is 9.47 Å². The van der Waals surface area contributed by atoms with Gasteiger partial charge < -0.3 is 14.6 Å². The lowest BCUT2D eigenvalue weighted by Crippen LogP contribution is -2.17. The minimum absolute atomic E-state index is 0.00736. The highest BCUT2D eigenvalue weighted by atomic mass is 19.4. The fraction of sp³-hybridized carbons (Fsp3) is 0.286. The maximum Gasteiger partial charge on any atom is 0.417 e. The van der Waals surface area contributed by atoms with Gasteiger partial charge in [0, 0.05) is 12.6 Å². The van der Waals surface area contributed by atoms with Crippen LogP contribution in [0.5, 0.6) is 11.5 Å². The van der Waals surface area contributed by atoms with Crippen molar-refractivity contribution >= 4 is 5.97 Å². The summed E-state index contributed by atoms with van der Waals surface area (Å²) in [5.74, 6) is -1.14. The number of aromatic nitrogens is 2. The van der Waals surface area contributed by atoms with Crippen LogP contribution in [0.2, 0.25) is 0 Å². The van der Waals surface area contributed by atoms with Gasteiger partial charge in [-0.25, -0.2) is 4.79 Å². The van der Waals surface area contributed by atoms with Crippen LogP contribution in [0.15, 0.2) is 18.2 Å². The highest BCUT2D eigenvalue weighted by Crippen LogP contribution is 2.44. The Bertz CT molecular complexity index is 783. The van der Waals surface area contributed by atoms with Gasteiger partial charge in [-0.3, -0.25) is 4.68 Å². The van der Waals surface area contributed by atoms with Crippen molar-refractivity contribution in [1.29, 1.82) is 0 Å². The van der Waals surface area contributed by atoms with E-state index in [4.69, 9.17) is 14.6 Å². The second-order valence-corrected chi connectivity index (χ2v) is 4.88. The number of aromatic carboxylic acids is 1. The average molecular weight is 328 g/mol. The number of hydrogen-bond acceptors (Lipinski definition) is 4. The molecule has 0 aliphatic carbocycles. The molecule has 23 heavy (non-hydrogen) atoms.